The Bertz CT molecular complexity index is 1110. The van der Waals surface area contributed by atoms with E-state index in [0.29, 0.717) is 29.2 Å². The minimum Gasteiger partial charge on any atom is -0.449 e. The zero-order valence-electron chi connectivity index (χ0n) is 17.5. The smallest absolute Gasteiger partial charge is 0.449 e. The van der Waals surface area contributed by atoms with E-state index in [1.807, 2.05) is 31.2 Å². The van der Waals surface area contributed by atoms with Crippen LogP contribution in [0.1, 0.15) is 54.4 Å². The molecule has 0 amide bonds. The molecule has 1 fully saturated rings. The summed E-state index contributed by atoms with van der Waals surface area (Å²) in [6.45, 7) is 1.97. The van der Waals surface area contributed by atoms with Crippen molar-refractivity contribution >= 4 is 17.6 Å². The number of nitriles is 1. The molecule has 0 aromatic heterocycles. The normalized spacial score (nSPS) is 22.5. The van der Waals surface area contributed by atoms with Gasteiger partial charge in [0, 0.05) is 11.5 Å². The van der Waals surface area contributed by atoms with Crippen LogP contribution in [0.2, 0.25) is 0 Å². The number of anilines is 1. The minimum absolute atomic E-state index is 0.327. The van der Waals surface area contributed by atoms with Gasteiger partial charge in [-0.05, 0) is 86.1 Å². The molecule has 2 atom stereocenters. The molecule has 2 aliphatic carbocycles. The molecule has 1 aliphatic heterocycles. The largest absolute Gasteiger partial charge is 0.511 e. The molecule has 1 N–H and O–H groups in total. The summed E-state index contributed by atoms with van der Waals surface area (Å²) in [5.41, 5.74) is 6.00. The lowest BCUT2D eigenvalue weighted by Gasteiger charge is -2.34. The molecule has 0 spiro atoms. The van der Waals surface area contributed by atoms with Crippen LogP contribution >= 0.6 is 0 Å². The number of benzene rings is 2. The number of hydrazone groups is 1. The second-order valence-corrected chi connectivity index (χ2v) is 8.81. The highest BCUT2D eigenvalue weighted by Crippen LogP contribution is 2.45. The van der Waals surface area contributed by atoms with Crippen LogP contribution in [0.5, 0.6) is 5.75 Å². The number of ether oxygens (including phenoxy) is 1. The van der Waals surface area contributed by atoms with Gasteiger partial charge in [0.2, 0.25) is 0 Å². The summed E-state index contributed by atoms with van der Waals surface area (Å²) in [7, 11) is 0. The topological polar surface area (TPSA) is 85.9 Å². The van der Waals surface area contributed by atoms with Gasteiger partial charge >= 0.3 is 6.16 Å². The fraction of sp³-hybridized carbons (Fsp3) is 0.400. The van der Waals surface area contributed by atoms with Crippen LogP contribution < -0.4 is 9.75 Å². The molecule has 1 saturated carbocycles. The Hall–Kier alpha value is -3.33. The van der Waals surface area contributed by atoms with Crippen LogP contribution in [0.25, 0.3) is 0 Å². The predicted octanol–water partition coefficient (Wildman–Crippen LogP) is 5.27. The van der Waals surface area contributed by atoms with E-state index in [0.717, 1.165) is 40.9 Å². The summed E-state index contributed by atoms with van der Waals surface area (Å²) in [5.74, 6) is 1.33. The van der Waals surface area contributed by atoms with Gasteiger partial charge in [-0.25, -0.2) is 4.79 Å². The van der Waals surface area contributed by atoms with E-state index < -0.39 is 6.16 Å². The average Bonchev–Trinajstić information content (AvgIpc) is 3.40. The van der Waals surface area contributed by atoms with Crippen molar-refractivity contribution in [1.29, 1.82) is 5.26 Å². The zero-order valence-corrected chi connectivity index (χ0v) is 17.5. The summed E-state index contributed by atoms with van der Waals surface area (Å²) in [5, 5.41) is 25.6. The predicted molar refractivity (Wildman–Crippen MR) is 118 cm³/mol. The van der Waals surface area contributed by atoms with Crippen LogP contribution in [-0.4, -0.2) is 23.0 Å². The molecule has 5 rings (SSSR count). The maximum atomic E-state index is 10.9. The molecule has 3 aliphatic rings. The SMILES string of the molecule is Cc1cc(N2N=C3c4ccc(OC(=O)O)cc4CCC3C2C2CCCC2)ccc1C#N. The fourth-order valence-corrected chi connectivity index (χ4v) is 5.63. The van der Waals surface area contributed by atoms with Crippen molar-refractivity contribution in [3.63, 3.8) is 0 Å². The molecular weight excluding hydrogens is 390 g/mol. The van der Waals surface area contributed by atoms with Gasteiger partial charge in [0.15, 0.2) is 0 Å². The van der Waals surface area contributed by atoms with E-state index in [1.165, 1.54) is 25.7 Å². The maximum absolute atomic E-state index is 10.9. The van der Waals surface area contributed by atoms with E-state index in [-0.39, 0.29) is 0 Å². The Morgan fingerprint density at radius 1 is 1.19 bits per heavy atom. The molecule has 2 aromatic carbocycles. The lowest BCUT2D eigenvalue weighted by molar-refractivity contribution is 0.144. The van der Waals surface area contributed by atoms with Crippen molar-refractivity contribution < 1.29 is 14.6 Å². The van der Waals surface area contributed by atoms with Gasteiger partial charge in [-0.15, -0.1) is 0 Å². The molecule has 0 saturated heterocycles. The first kappa shape index (κ1) is 19.6. The van der Waals surface area contributed by atoms with Gasteiger partial charge in [0.1, 0.15) is 5.75 Å². The number of carbonyl (C=O) groups is 1. The third-order valence-electron chi connectivity index (χ3n) is 7.02. The number of rotatable bonds is 3. The molecule has 6 heteroatoms. The molecule has 0 radical (unpaired) electrons. The van der Waals surface area contributed by atoms with E-state index >= 15 is 0 Å². The summed E-state index contributed by atoms with van der Waals surface area (Å²) >= 11 is 0. The van der Waals surface area contributed by atoms with Crippen LogP contribution in [0.3, 0.4) is 0 Å². The van der Waals surface area contributed by atoms with Gasteiger partial charge < -0.3 is 9.84 Å². The van der Waals surface area contributed by atoms with Gasteiger partial charge in [-0.2, -0.15) is 10.4 Å². The highest BCUT2D eigenvalue weighted by Gasteiger charge is 2.45. The Labute approximate surface area is 181 Å². The Morgan fingerprint density at radius 3 is 2.71 bits per heavy atom. The Kier molecular flexibility index (Phi) is 4.90. The molecule has 0 bridgehead atoms. The molecule has 1 heterocycles. The Balaban J connectivity index is 1.56. The van der Waals surface area contributed by atoms with Gasteiger partial charge in [-0.1, -0.05) is 12.8 Å². The van der Waals surface area contributed by atoms with Crippen LogP contribution in [0.4, 0.5) is 10.5 Å². The lowest BCUT2D eigenvalue weighted by atomic mass is 9.75. The van der Waals surface area contributed by atoms with Crippen molar-refractivity contribution in [3.05, 3.63) is 58.7 Å². The van der Waals surface area contributed by atoms with E-state index in [2.05, 4.69) is 17.1 Å². The second kappa shape index (κ2) is 7.73. The van der Waals surface area contributed by atoms with Gasteiger partial charge in [0.25, 0.3) is 0 Å². The standard InChI is InChI=1S/C25H25N3O3/c1-15-12-19(8-6-18(15)14-26)28-24(16-4-2-3-5-16)22-10-7-17-13-20(31-25(29)30)9-11-21(17)23(22)27-28/h6,8-9,11-13,16,22,24H,2-5,7,10H2,1H3,(H,29,30). The van der Waals surface area contributed by atoms with Crippen molar-refractivity contribution in [2.75, 3.05) is 5.01 Å². The van der Waals surface area contributed by atoms with Crippen LogP contribution in [0.15, 0.2) is 41.5 Å². The van der Waals surface area contributed by atoms with Crippen molar-refractivity contribution in [3.8, 4) is 11.8 Å². The quantitative estimate of drug-likeness (QED) is 0.545. The first-order chi connectivity index (χ1) is 15.0. The van der Waals surface area contributed by atoms with Crippen molar-refractivity contribution in [2.45, 2.75) is 51.5 Å². The van der Waals surface area contributed by atoms with Crippen molar-refractivity contribution in [2.24, 2.45) is 16.9 Å². The molecular formula is C25H25N3O3. The first-order valence-corrected chi connectivity index (χ1v) is 11.0. The van der Waals surface area contributed by atoms with Crippen LogP contribution in [0, 0.1) is 30.1 Å². The van der Waals surface area contributed by atoms with Gasteiger partial charge in [-0.3, -0.25) is 5.01 Å². The monoisotopic (exact) mass is 415 g/mol. The summed E-state index contributed by atoms with van der Waals surface area (Å²) < 4.78 is 4.86. The molecule has 2 unspecified atom stereocenters. The number of nitrogens with zero attached hydrogens (tertiary/aromatic N) is 3. The third kappa shape index (κ3) is 3.44. The molecule has 6 nitrogen and oxygen atoms in total. The Morgan fingerprint density at radius 2 is 2.00 bits per heavy atom. The second-order valence-electron chi connectivity index (χ2n) is 8.81. The highest BCUT2D eigenvalue weighted by molar-refractivity contribution is 6.07. The summed E-state index contributed by atoms with van der Waals surface area (Å²) in [4.78, 5) is 10.9. The fourth-order valence-electron chi connectivity index (χ4n) is 5.63. The molecule has 2 aromatic rings. The summed E-state index contributed by atoms with van der Waals surface area (Å²) in [6, 6.07) is 14.1. The highest BCUT2D eigenvalue weighted by atomic mass is 16.7. The van der Waals surface area contributed by atoms with E-state index in [9.17, 15) is 10.1 Å². The van der Waals surface area contributed by atoms with Crippen LogP contribution in [-0.2, 0) is 6.42 Å². The minimum atomic E-state index is -1.30. The number of hydrogen-bond donors (Lipinski definition) is 1. The van der Waals surface area contributed by atoms with E-state index in [4.69, 9.17) is 14.9 Å². The third-order valence-corrected chi connectivity index (χ3v) is 7.02. The van der Waals surface area contributed by atoms with Gasteiger partial charge in [0.05, 0.1) is 29.1 Å². The van der Waals surface area contributed by atoms with E-state index in [1.54, 1.807) is 6.07 Å². The summed E-state index contributed by atoms with van der Waals surface area (Å²) in [6.07, 6.45) is 5.60. The number of aryl methyl sites for hydroxylation is 2. The number of fused-ring (bicyclic) bond motifs is 3. The average molecular weight is 415 g/mol. The maximum Gasteiger partial charge on any atom is 0.511 e. The molecule has 31 heavy (non-hydrogen) atoms. The number of hydrogen-bond acceptors (Lipinski definition) is 5. The molecule has 158 valence electrons. The number of carboxylic acid groups (broad SMARTS) is 1. The lowest BCUT2D eigenvalue weighted by Crippen LogP contribution is -2.40. The van der Waals surface area contributed by atoms with Crippen molar-refractivity contribution in [1.82, 2.24) is 0 Å². The first-order valence-electron chi connectivity index (χ1n) is 11.0. The zero-order chi connectivity index (χ0) is 21.5.